The summed E-state index contributed by atoms with van der Waals surface area (Å²) in [6.45, 7) is 4.48. The summed E-state index contributed by atoms with van der Waals surface area (Å²) in [5.74, 6) is 0. The first-order valence-electron chi connectivity index (χ1n) is 18.1. The van der Waals surface area contributed by atoms with Crippen LogP contribution in [-0.4, -0.2) is 0 Å². The number of hydrogen-bond acceptors (Lipinski definition) is 3. The average Bonchev–Trinajstić information content (AvgIpc) is 3.94. The number of rotatable bonds is 4. The van der Waals surface area contributed by atoms with Gasteiger partial charge in [-0.05, 0) is 135 Å². The van der Waals surface area contributed by atoms with Crippen LogP contribution in [-0.2, 0) is 0 Å². The molecule has 3 aromatic heterocycles. The zero-order chi connectivity index (χ0) is 35.2. The van der Waals surface area contributed by atoms with Gasteiger partial charge < -0.3 is 0 Å². The van der Waals surface area contributed by atoms with Crippen LogP contribution in [0.3, 0.4) is 0 Å². The smallest absolute Gasteiger partial charge is 0.0434 e. The minimum atomic E-state index is 1.30. The van der Waals surface area contributed by atoms with Crippen molar-refractivity contribution in [1.82, 2.24) is 0 Å². The molecule has 0 unspecified atom stereocenters. The molecule has 0 atom stereocenters. The normalized spacial score (nSPS) is 12.0. The summed E-state index contributed by atoms with van der Waals surface area (Å²) in [5, 5.41) is 22.2. The molecule has 11 aromatic rings. The van der Waals surface area contributed by atoms with Gasteiger partial charge in [0, 0.05) is 25.7 Å². The Labute approximate surface area is 319 Å². The molecule has 0 spiro atoms. The molecule has 0 amide bonds. The van der Waals surface area contributed by atoms with E-state index >= 15 is 0 Å². The lowest BCUT2D eigenvalue weighted by atomic mass is 9.84. The Bertz CT molecular complexity index is 3140. The molecule has 0 bridgehead atoms. The van der Waals surface area contributed by atoms with Crippen molar-refractivity contribution in [2.24, 2.45) is 0 Å². The van der Waals surface area contributed by atoms with Gasteiger partial charge in [-0.25, -0.2) is 0 Å². The fourth-order valence-electron chi connectivity index (χ4n) is 8.90. The van der Waals surface area contributed by atoms with Gasteiger partial charge in [-0.2, -0.15) is 22.7 Å². The largest absolute Gasteiger partial charge is 0.151 e. The van der Waals surface area contributed by atoms with Gasteiger partial charge in [-0.3, -0.25) is 0 Å². The molecular formula is C50H32S3. The molecule has 0 nitrogen and oxygen atoms in total. The fourth-order valence-corrected chi connectivity index (χ4v) is 11.8. The maximum absolute atomic E-state index is 2.35. The van der Waals surface area contributed by atoms with E-state index in [-0.39, 0.29) is 0 Å². The van der Waals surface area contributed by atoms with Gasteiger partial charge >= 0.3 is 0 Å². The van der Waals surface area contributed by atoms with E-state index in [0.717, 1.165) is 0 Å². The number of hydrogen-bond donors (Lipinski definition) is 0. The van der Waals surface area contributed by atoms with Gasteiger partial charge in [0.25, 0.3) is 0 Å². The molecule has 0 radical (unpaired) electrons. The Morgan fingerprint density at radius 2 is 0.679 bits per heavy atom. The van der Waals surface area contributed by atoms with Gasteiger partial charge in [-0.15, -0.1) is 11.3 Å². The van der Waals surface area contributed by atoms with Crippen molar-refractivity contribution in [3.63, 3.8) is 0 Å². The monoisotopic (exact) mass is 728 g/mol. The Morgan fingerprint density at radius 1 is 0.321 bits per heavy atom. The predicted molar refractivity (Wildman–Crippen MR) is 236 cm³/mol. The van der Waals surface area contributed by atoms with Crippen molar-refractivity contribution in [1.29, 1.82) is 0 Å². The third-order valence-corrected chi connectivity index (χ3v) is 14.1. The summed E-state index contributed by atoms with van der Waals surface area (Å²) >= 11 is 5.50. The highest BCUT2D eigenvalue weighted by molar-refractivity contribution is 7.26. The van der Waals surface area contributed by atoms with Gasteiger partial charge in [0.15, 0.2) is 0 Å². The summed E-state index contributed by atoms with van der Waals surface area (Å²) in [4.78, 5) is 0. The molecule has 0 aliphatic rings. The van der Waals surface area contributed by atoms with Crippen molar-refractivity contribution >= 4 is 97.3 Å². The minimum Gasteiger partial charge on any atom is -0.151 e. The molecule has 0 fully saturated rings. The van der Waals surface area contributed by atoms with Crippen LogP contribution in [0.4, 0.5) is 0 Å². The number of thiophene rings is 3. The van der Waals surface area contributed by atoms with E-state index < -0.39 is 0 Å². The van der Waals surface area contributed by atoms with E-state index in [1.54, 1.807) is 22.7 Å². The standard InChI is InChI=1S/C50H32S3/c1-29-25-51-27-42(29)47-35-17-7-3-13-31(35)45(32-14-4-8-18-36(32)47)39-21-12-24-44-49(39)41-23-11-22-40(50(41)53-44)46-33-15-5-9-19-37(33)48(43-28-52-26-30(43)2)38-20-10-6-16-34(38)46/h3-28H,1-2H3. The molecule has 0 saturated carbocycles. The second-order valence-corrected chi connectivity index (χ2v) is 16.6. The van der Waals surface area contributed by atoms with Crippen LogP contribution < -0.4 is 0 Å². The number of aryl methyl sites for hydroxylation is 2. The number of benzene rings is 8. The summed E-state index contributed by atoms with van der Waals surface area (Å²) in [6, 6.07) is 50.1. The van der Waals surface area contributed by atoms with Crippen LogP contribution in [0.15, 0.2) is 155 Å². The molecule has 53 heavy (non-hydrogen) atoms. The molecule has 3 heteroatoms. The zero-order valence-electron chi connectivity index (χ0n) is 29.2. The first kappa shape index (κ1) is 31.0. The third-order valence-electron chi connectivity index (χ3n) is 11.2. The summed E-state index contributed by atoms with van der Waals surface area (Å²) in [7, 11) is 0. The summed E-state index contributed by atoms with van der Waals surface area (Å²) in [6.07, 6.45) is 0. The Morgan fingerprint density at radius 3 is 1.09 bits per heavy atom. The van der Waals surface area contributed by atoms with E-state index in [4.69, 9.17) is 0 Å². The van der Waals surface area contributed by atoms with Crippen LogP contribution in [0.25, 0.3) is 108 Å². The predicted octanol–water partition coefficient (Wildman–Crippen LogP) is 16.1. The lowest BCUT2D eigenvalue weighted by Crippen LogP contribution is -1.91. The second-order valence-electron chi connectivity index (χ2n) is 14.1. The van der Waals surface area contributed by atoms with E-state index in [1.807, 2.05) is 11.3 Å². The van der Waals surface area contributed by atoms with Crippen LogP contribution in [0.1, 0.15) is 11.1 Å². The molecule has 0 aliphatic heterocycles. The minimum absolute atomic E-state index is 1.30. The zero-order valence-corrected chi connectivity index (χ0v) is 31.7. The number of fused-ring (bicyclic) bond motifs is 7. The highest BCUT2D eigenvalue weighted by atomic mass is 32.1. The van der Waals surface area contributed by atoms with Crippen molar-refractivity contribution < 1.29 is 0 Å². The van der Waals surface area contributed by atoms with Gasteiger partial charge in [0.1, 0.15) is 0 Å². The van der Waals surface area contributed by atoms with Crippen molar-refractivity contribution in [3.8, 4) is 44.5 Å². The molecule has 0 N–H and O–H groups in total. The van der Waals surface area contributed by atoms with Gasteiger partial charge in [0.05, 0.1) is 0 Å². The van der Waals surface area contributed by atoms with Crippen molar-refractivity contribution in [2.45, 2.75) is 13.8 Å². The van der Waals surface area contributed by atoms with Crippen LogP contribution >= 0.6 is 34.0 Å². The lowest BCUT2D eigenvalue weighted by Gasteiger charge is -2.18. The molecule has 0 aliphatic carbocycles. The van der Waals surface area contributed by atoms with Crippen molar-refractivity contribution in [2.75, 3.05) is 0 Å². The maximum atomic E-state index is 2.35. The quantitative estimate of drug-likeness (QED) is 0.158. The molecule has 3 heterocycles. The fraction of sp³-hybridized carbons (Fsp3) is 0.0400. The molecule has 0 saturated heterocycles. The van der Waals surface area contributed by atoms with E-state index in [0.29, 0.717) is 0 Å². The van der Waals surface area contributed by atoms with Crippen LogP contribution in [0, 0.1) is 13.8 Å². The van der Waals surface area contributed by atoms with Crippen LogP contribution in [0.2, 0.25) is 0 Å². The third kappa shape index (κ3) is 4.52. The highest BCUT2D eigenvalue weighted by Crippen LogP contribution is 2.52. The van der Waals surface area contributed by atoms with Crippen molar-refractivity contribution in [3.05, 3.63) is 166 Å². The average molecular weight is 729 g/mol. The van der Waals surface area contributed by atoms with Crippen LogP contribution in [0.5, 0.6) is 0 Å². The van der Waals surface area contributed by atoms with E-state index in [2.05, 4.69) is 169 Å². The Hall–Kier alpha value is -5.58. The van der Waals surface area contributed by atoms with E-state index in [9.17, 15) is 0 Å². The Kier molecular flexibility index (Phi) is 7.00. The Balaban J connectivity index is 1.25. The first-order valence-corrected chi connectivity index (χ1v) is 20.8. The van der Waals surface area contributed by atoms with E-state index in [1.165, 1.54) is 119 Å². The lowest BCUT2D eigenvalue weighted by molar-refractivity contribution is 1.55. The summed E-state index contributed by atoms with van der Waals surface area (Å²) in [5.41, 5.74) is 13.2. The second kappa shape index (κ2) is 12.0. The molecular weight excluding hydrogens is 697 g/mol. The molecule has 11 rings (SSSR count). The first-order chi connectivity index (χ1) is 26.2. The SMILES string of the molecule is Cc1cscc1-c1c2ccccc2c(-c2cccc3c2sc2cccc(-c4c5ccccc5c(-c5cscc5C)c5ccccc45)c23)c2ccccc12. The summed E-state index contributed by atoms with van der Waals surface area (Å²) < 4.78 is 2.65. The molecule has 8 aromatic carbocycles. The van der Waals surface area contributed by atoms with Gasteiger partial charge in [0.2, 0.25) is 0 Å². The maximum Gasteiger partial charge on any atom is 0.0434 e. The topological polar surface area (TPSA) is 0 Å². The van der Waals surface area contributed by atoms with Gasteiger partial charge in [-0.1, -0.05) is 127 Å². The molecule has 250 valence electrons. The highest BCUT2D eigenvalue weighted by Gasteiger charge is 2.23.